The molecular weight excluding hydrogens is 258 g/mol. The number of carboxylic acid groups (broad SMARTS) is 1. The van der Waals surface area contributed by atoms with Crippen LogP contribution in [0.1, 0.15) is 38.3 Å². The van der Waals surface area contributed by atoms with Crippen LogP contribution in [0.2, 0.25) is 0 Å². The highest BCUT2D eigenvalue weighted by Crippen LogP contribution is 2.17. The maximum atomic E-state index is 11.8. The zero-order chi connectivity index (χ0) is 15.1. The van der Waals surface area contributed by atoms with Gasteiger partial charge in [0, 0.05) is 12.8 Å². The van der Waals surface area contributed by atoms with Gasteiger partial charge >= 0.3 is 5.97 Å². The number of nitrogens with one attached hydrogen (secondary N) is 1. The van der Waals surface area contributed by atoms with Crippen molar-refractivity contribution < 1.29 is 19.4 Å². The third kappa shape index (κ3) is 5.30. The highest BCUT2D eigenvalue weighted by atomic mass is 16.5. The summed E-state index contributed by atoms with van der Waals surface area (Å²) in [5.74, 6) is -0.423. The second-order valence-electron chi connectivity index (χ2n) is 4.97. The van der Waals surface area contributed by atoms with Crippen molar-refractivity contribution in [1.29, 1.82) is 0 Å². The molecule has 0 saturated carbocycles. The summed E-state index contributed by atoms with van der Waals surface area (Å²) in [7, 11) is 1.60. The van der Waals surface area contributed by atoms with Crippen molar-refractivity contribution >= 4 is 11.9 Å². The fraction of sp³-hybridized carbons (Fsp3) is 0.467. The van der Waals surface area contributed by atoms with E-state index < -0.39 is 5.97 Å². The predicted octanol–water partition coefficient (Wildman–Crippen LogP) is 2.37. The molecule has 1 aromatic carbocycles. The van der Waals surface area contributed by atoms with Gasteiger partial charge in [-0.3, -0.25) is 9.59 Å². The molecule has 1 rings (SSSR count). The first kappa shape index (κ1) is 16.0. The molecule has 110 valence electrons. The number of benzene rings is 1. The van der Waals surface area contributed by atoms with Crippen LogP contribution >= 0.6 is 0 Å². The molecule has 2 N–H and O–H groups in total. The van der Waals surface area contributed by atoms with E-state index in [1.807, 2.05) is 31.2 Å². The van der Waals surface area contributed by atoms with Gasteiger partial charge < -0.3 is 15.2 Å². The van der Waals surface area contributed by atoms with Crippen LogP contribution in [0.4, 0.5) is 0 Å². The monoisotopic (exact) mass is 279 g/mol. The zero-order valence-electron chi connectivity index (χ0n) is 12.1. The molecule has 20 heavy (non-hydrogen) atoms. The molecule has 0 fully saturated rings. The summed E-state index contributed by atoms with van der Waals surface area (Å²) in [5, 5.41) is 11.5. The van der Waals surface area contributed by atoms with Crippen LogP contribution < -0.4 is 10.1 Å². The molecule has 0 aliphatic heterocycles. The van der Waals surface area contributed by atoms with Gasteiger partial charge in [-0.1, -0.05) is 19.1 Å². The zero-order valence-corrected chi connectivity index (χ0v) is 12.1. The Bertz CT molecular complexity index is 455. The van der Waals surface area contributed by atoms with E-state index in [4.69, 9.17) is 9.84 Å². The Morgan fingerprint density at radius 2 is 1.80 bits per heavy atom. The first-order valence-electron chi connectivity index (χ1n) is 6.57. The molecule has 1 aromatic rings. The van der Waals surface area contributed by atoms with Crippen LogP contribution in [-0.2, 0) is 9.59 Å². The number of methoxy groups -OCH3 is 1. The quantitative estimate of drug-likeness (QED) is 0.803. The Balaban J connectivity index is 2.49. The Hall–Kier alpha value is -2.04. The fourth-order valence-electron chi connectivity index (χ4n) is 1.96. The molecule has 0 saturated heterocycles. The molecule has 1 amide bonds. The van der Waals surface area contributed by atoms with Crippen molar-refractivity contribution in [3.8, 4) is 5.75 Å². The van der Waals surface area contributed by atoms with Crippen LogP contribution in [0.3, 0.4) is 0 Å². The van der Waals surface area contributed by atoms with Crippen LogP contribution in [0.15, 0.2) is 24.3 Å². The summed E-state index contributed by atoms with van der Waals surface area (Å²) in [6, 6.07) is 7.34. The molecular formula is C15H21NO4. The summed E-state index contributed by atoms with van der Waals surface area (Å²) >= 11 is 0. The third-order valence-electron chi connectivity index (χ3n) is 3.05. The van der Waals surface area contributed by atoms with Crippen molar-refractivity contribution in [2.45, 2.75) is 32.7 Å². The molecule has 0 aliphatic carbocycles. The molecule has 0 heterocycles. The minimum absolute atomic E-state index is 0.00430. The first-order chi connectivity index (χ1) is 9.42. The van der Waals surface area contributed by atoms with Crippen molar-refractivity contribution in [3.63, 3.8) is 0 Å². The number of hydrogen-bond acceptors (Lipinski definition) is 3. The number of carboxylic acids is 1. The number of carbonyl (C=O) groups is 2. The molecule has 2 atom stereocenters. The molecule has 0 bridgehead atoms. The Morgan fingerprint density at radius 3 is 2.30 bits per heavy atom. The molecule has 5 nitrogen and oxygen atoms in total. The van der Waals surface area contributed by atoms with Crippen molar-refractivity contribution in [2.24, 2.45) is 5.92 Å². The summed E-state index contributed by atoms with van der Waals surface area (Å²) in [6.07, 6.45) is 0.219. The Kier molecular flexibility index (Phi) is 6.03. The van der Waals surface area contributed by atoms with Gasteiger partial charge in [0.1, 0.15) is 5.75 Å². The normalized spacial score (nSPS) is 13.3. The Labute approximate surface area is 118 Å². The summed E-state index contributed by atoms with van der Waals surface area (Å²) < 4.78 is 5.08. The molecule has 0 aromatic heterocycles. The van der Waals surface area contributed by atoms with E-state index in [1.165, 1.54) is 0 Å². The van der Waals surface area contributed by atoms with Gasteiger partial charge in [0.05, 0.1) is 13.2 Å². The van der Waals surface area contributed by atoms with E-state index in [2.05, 4.69) is 5.32 Å². The average Bonchev–Trinajstić information content (AvgIpc) is 2.37. The lowest BCUT2D eigenvalue weighted by atomic mass is 10.0. The van der Waals surface area contributed by atoms with Crippen molar-refractivity contribution in [1.82, 2.24) is 5.32 Å². The van der Waals surface area contributed by atoms with Gasteiger partial charge in [0.15, 0.2) is 0 Å². The largest absolute Gasteiger partial charge is 0.497 e. The predicted molar refractivity (Wildman–Crippen MR) is 75.6 cm³/mol. The second-order valence-corrected chi connectivity index (χ2v) is 4.97. The number of hydrogen-bond donors (Lipinski definition) is 2. The molecule has 0 aliphatic rings. The van der Waals surface area contributed by atoms with Gasteiger partial charge in [-0.05, 0) is 30.5 Å². The van der Waals surface area contributed by atoms with Crippen LogP contribution in [0.5, 0.6) is 5.75 Å². The maximum Gasteiger partial charge on any atom is 0.303 e. The Morgan fingerprint density at radius 1 is 1.20 bits per heavy atom. The molecule has 0 spiro atoms. The summed E-state index contributed by atoms with van der Waals surface area (Å²) in [5.41, 5.74) is 0.977. The van der Waals surface area contributed by atoms with Gasteiger partial charge in [-0.25, -0.2) is 0 Å². The minimum atomic E-state index is -0.881. The standard InChI is InChI=1S/C15H21NO4/c1-10(9-15(18)19)8-14(17)16-11(2)12-4-6-13(20-3)7-5-12/h4-7,10-11H,8-9H2,1-3H3,(H,16,17)(H,18,19)/t10?,11-/m1/s1. The highest BCUT2D eigenvalue weighted by molar-refractivity contribution is 5.77. The van der Waals surface area contributed by atoms with Crippen LogP contribution in [-0.4, -0.2) is 24.1 Å². The second kappa shape index (κ2) is 7.53. The van der Waals surface area contributed by atoms with Gasteiger partial charge in [0.25, 0.3) is 0 Å². The number of carbonyl (C=O) groups excluding carboxylic acids is 1. The molecule has 0 radical (unpaired) electrons. The lowest BCUT2D eigenvalue weighted by Crippen LogP contribution is -2.28. The summed E-state index contributed by atoms with van der Waals surface area (Å²) in [4.78, 5) is 22.4. The highest BCUT2D eigenvalue weighted by Gasteiger charge is 2.15. The SMILES string of the molecule is COc1ccc([C@@H](C)NC(=O)CC(C)CC(=O)O)cc1. The van der Waals surface area contributed by atoms with E-state index >= 15 is 0 Å². The van der Waals surface area contributed by atoms with Gasteiger partial charge in [0.2, 0.25) is 5.91 Å². The average molecular weight is 279 g/mol. The van der Waals surface area contributed by atoms with E-state index in [1.54, 1.807) is 14.0 Å². The van der Waals surface area contributed by atoms with Crippen LogP contribution in [0, 0.1) is 5.92 Å². The smallest absolute Gasteiger partial charge is 0.303 e. The lowest BCUT2D eigenvalue weighted by molar-refractivity contribution is -0.138. The third-order valence-corrected chi connectivity index (χ3v) is 3.05. The number of rotatable bonds is 7. The first-order valence-corrected chi connectivity index (χ1v) is 6.57. The maximum absolute atomic E-state index is 11.8. The van der Waals surface area contributed by atoms with Gasteiger partial charge in [-0.15, -0.1) is 0 Å². The molecule has 1 unspecified atom stereocenters. The summed E-state index contributed by atoms with van der Waals surface area (Å²) in [6.45, 7) is 3.65. The lowest BCUT2D eigenvalue weighted by Gasteiger charge is -2.16. The number of amides is 1. The number of aliphatic carboxylic acids is 1. The van der Waals surface area contributed by atoms with E-state index in [-0.39, 0.29) is 30.7 Å². The molecule has 5 heteroatoms. The van der Waals surface area contributed by atoms with Gasteiger partial charge in [-0.2, -0.15) is 0 Å². The minimum Gasteiger partial charge on any atom is -0.497 e. The number of ether oxygens (including phenoxy) is 1. The fourth-order valence-corrected chi connectivity index (χ4v) is 1.96. The van der Waals surface area contributed by atoms with E-state index in [0.29, 0.717) is 0 Å². The van der Waals surface area contributed by atoms with Crippen LogP contribution in [0.25, 0.3) is 0 Å². The van der Waals surface area contributed by atoms with E-state index in [9.17, 15) is 9.59 Å². The van der Waals surface area contributed by atoms with E-state index in [0.717, 1.165) is 11.3 Å². The van der Waals surface area contributed by atoms with Crippen molar-refractivity contribution in [2.75, 3.05) is 7.11 Å². The van der Waals surface area contributed by atoms with Crippen molar-refractivity contribution in [3.05, 3.63) is 29.8 Å². The topological polar surface area (TPSA) is 75.6 Å².